The summed E-state index contributed by atoms with van der Waals surface area (Å²) in [5.74, 6) is 0.932. The second-order valence-corrected chi connectivity index (χ2v) is 4.43. The van der Waals surface area contributed by atoms with Crippen LogP contribution in [0, 0.1) is 6.92 Å². The molecule has 1 heterocycles. The summed E-state index contributed by atoms with van der Waals surface area (Å²) in [6, 6.07) is 5.28. The maximum Gasteiger partial charge on any atom is 0.145 e. The van der Waals surface area contributed by atoms with E-state index in [1.54, 1.807) is 0 Å². The predicted molar refractivity (Wildman–Crippen MR) is 61.7 cm³/mol. The summed E-state index contributed by atoms with van der Waals surface area (Å²) in [5.41, 5.74) is 1.55. The van der Waals surface area contributed by atoms with Crippen molar-refractivity contribution in [1.29, 1.82) is 0 Å². The third-order valence-electron chi connectivity index (χ3n) is 2.30. The molecule has 1 atom stereocenters. The Morgan fingerprint density at radius 3 is 3.07 bits per heavy atom. The van der Waals surface area contributed by atoms with Crippen LogP contribution >= 0.6 is 11.8 Å². The molecule has 0 aromatic heterocycles. The lowest BCUT2D eigenvalue weighted by Crippen LogP contribution is -2.03. The van der Waals surface area contributed by atoms with Gasteiger partial charge in [-0.2, -0.15) is 0 Å². The van der Waals surface area contributed by atoms with Crippen LogP contribution in [-0.4, -0.2) is 28.2 Å². The number of aryl methyl sites for hydroxylation is 1. The average molecular weight is 221 g/mol. The van der Waals surface area contributed by atoms with Crippen molar-refractivity contribution in [3.63, 3.8) is 0 Å². The number of thioether (sulfide) groups is 1. The van der Waals surface area contributed by atoms with Gasteiger partial charge < -0.3 is 9.90 Å². The summed E-state index contributed by atoms with van der Waals surface area (Å²) in [6.45, 7) is 1.84. The van der Waals surface area contributed by atoms with Gasteiger partial charge in [0.25, 0.3) is 0 Å². The number of phenolic OH excluding ortho intramolecular Hbond substituents is 1. The van der Waals surface area contributed by atoms with E-state index >= 15 is 0 Å². The summed E-state index contributed by atoms with van der Waals surface area (Å²) in [7, 11) is 0. The first-order chi connectivity index (χ1) is 7.22. The van der Waals surface area contributed by atoms with Gasteiger partial charge in [-0.3, -0.25) is 4.99 Å². The van der Waals surface area contributed by atoms with Crippen molar-refractivity contribution in [2.75, 3.05) is 5.75 Å². The number of phenols is 1. The van der Waals surface area contributed by atoms with E-state index in [0.717, 1.165) is 22.5 Å². The monoisotopic (exact) mass is 221 g/mol. The number of aliphatic imine (C=N–C) groups is 1. The van der Waals surface area contributed by atoms with E-state index in [1.165, 1.54) is 11.8 Å². The van der Waals surface area contributed by atoms with Crippen molar-refractivity contribution < 1.29 is 9.90 Å². The smallest absolute Gasteiger partial charge is 0.145 e. The molecule has 15 heavy (non-hydrogen) atoms. The van der Waals surface area contributed by atoms with Gasteiger partial charge in [0.2, 0.25) is 0 Å². The van der Waals surface area contributed by atoms with E-state index in [-0.39, 0.29) is 11.8 Å². The molecule has 0 bridgehead atoms. The zero-order valence-corrected chi connectivity index (χ0v) is 9.12. The molecule has 0 spiro atoms. The normalized spacial score (nSPS) is 20.1. The van der Waals surface area contributed by atoms with Crippen LogP contribution in [0.15, 0.2) is 23.2 Å². The molecule has 1 unspecified atom stereocenters. The summed E-state index contributed by atoms with van der Waals surface area (Å²) in [6.07, 6.45) is 0.840. The van der Waals surface area contributed by atoms with E-state index in [2.05, 4.69) is 4.99 Å². The van der Waals surface area contributed by atoms with Crippen LogP contribution in [0.1, 0.15) is 11.1 Å². The minimum absolute atomic E-state index is 0.259. The van der Waals surface area contributed by atoms with Gasteiger partial charge in [-0.15, -0.1) is 11.8 Å². The van der Waals surface area contributed by atoms with Crippen LogP contribution in [-0.2, 0) is 4.79 Å². The molecule has 3 nitrogen and oxygen atoms in total. The molecule has 78 valence electrons. The Kier molecular flexibility index (Phi) is 2.77. The molecule has 1 aliphatic heterocycles. The lowest BCUT2D eigenvalue weighted by atomic mass is 10.1. The molecular weight excluding hydrogens is 210 g/mol. The topological polar surface area (TPSA) is 49.7 Å². The first-order valence-electron chi connectivity index (χ1n) is 4.67. The zero-order chi connectivity index (χ0) is 10.8. The molecule has 1 aromatic rings. The summed E-state index contributed by atoms with van der Waals surface area (Å²) < 4.78 is 0. The number of aldehydes is 1. The zero-order valence-electron chi connectivity index (χ0n) is 8.30. The Morgan fingerprint density at radius 1 is 1.60 bits per heavy atom. The van der Waals surface area contributed by atoms with Crippen LogP contribution in [0.3, 0.4) is 0 Å². The third-order valence-corrected chi connectivity index (χ3v) is 3.41. The van der Waals surface area contributed by atoms with Crippen LogP contribution < -0.4 is 0 Å². The van der Waals surface area contributed by atoms with Crippen LogP contribution in [0.25, 0.3) is 0 Å². The predicted octanol–water partition coefficient (Wildman–Crippen LogP) is 1.76. The Labute approximate surface area is 92.2 Å². The highest BCUT2D eigenvalue weighted by atomic mass is 32.2. The Morgan fingerprint density at radius 2 is 2.40 bits per heavy atom. The highest BCUT2D eigenvalue weighted by molar-refractivity contribution is 8.14. The van der Waals surface area contributed by atoms with E-state index < -0.39 is 0 Å². The number of benzene rings is 1. The van der Waals surface area contributed by atoms with E-state index in [4.69, 9.17) is 0 Å². The van der Waals surface area contributed by atoms with Gasteiger partial charge in [0.15, 0.2) is 0 Å². The van der Waals surface area contributed by atoms with Crippen molar-refractivity contribution in [3.05, 3.63) is 29.3 Å². The van der Waals surface area contributed by atoms with E-state index in [9.17, 15) is 9.90 Å². The highest BCUT2D eigenvalue weighted by Gasteiger charge is 2.20. The summed E-state index contributed by atoms with van der Waals surface area (Å²) in [5, 5.41) is 10.6. The Hall–Kier alpha value is -1.29. The SMILES string of the molecule is Cc1cccc(C2=NC(C=O)CS2)c1O. The molecule has 0 amide bonds. The van der Waals surface area contributed by atoms with Gasteiger partial charge in [-0.1, -0.05) is 12.1 Å². The standard InChI is InChI=1S/C11H11NO2S/c1-7-3-2-4-9(10(7)14)11-12-8(5-13)6-15-11/h2-5,8,14H,6H2,1H3. The number of carbonyl (C=O) groups excluding carboxylic acids is 1. The fraction of sp³-hybridized carbons (Fsp3) is 0.273. The van der Waals surface area contributed by atoms with Gasteiger partial charge in [0.1, 0.15) is 23.1 Å². The molecule has 1 aromatic carbocycles. The minimum Gasteiger partial charge on any atom is -0.507 e. The lowest BCUT2D eigenvalue weighted by Gasteiger charge is -2.05. The van der Waals surface area contributed by atoms with Gasteiger partial charge in [-0.05, 0) is 18.6 Å². The second kappa shape index (κ2) is 4.06. The number of para-hydroxylation sites is 1. The number of hydrogen-bond acceptors (Lipinski definition) is 4. The highest BCUT2D eigenvalue weighted by Crippen LogP contribution is 2.30. The molecule has 0 aliphatic carbocycles. The molecule has 1 aliphatic rings. The lowest BCUT2D eigenvalue weighted by molar-refractivity contribution is -0.108. The van der Waals surface area contributed by atoms with E-state index in [1.807, 2.05) is 25.1 Å². The van der Waals surface area contributed by atoms with Crippen molar-refractivity contribution in [1.82, 2.24) is 0 Å². The quantitative estimate of drug-likeness (QED) is 0.774. The molecular formula is C11H11NO2S. The second-order valence-electron chi connectivity index (χ2n) is 3.42. The number of hydrogen-bond donors (Lipinski definition) is 1. The maximum absolute atomic E-state index is 10.6. The largest absolute Gasteiger partial charge is 0.507 e. The minimum atomic E-state index is -0.259. The first-order valence-corrected chi connectivity index (χ1v) is 5.66. The van der Waals surface area contributed by atoms with Gasteiger partial charge in [0, 0.05) is 11.3 Å². The Balaban J connectivity index is 2.39. The molecule has 2 rings (SSSR count). The van der Waals surface area contributed by atoms with Crippen LogP contribution in [0.5, 0.6) is 5.75 Å². The number of rotatable bonds is 2. The van der Waals surface area contributed by atoms with Crippen LogP contribution in [0.4, 0.5) is 0 Å². The third kappa shape index (κ3) is 1.90. The average Bonchev–Trinajstić information content (AvgIpc) is 2.70. The molecule has 0 saturated heterocycles. The van der Waals surface area contributed by atoms with Gasteiger partial charge >= 0.3 is 0 Å². The van der Waals surface area contributed by atoms with E-state index in [0.29, 0.717) is 5.75 Å². The van der Waals surface area contributed by atoms with Crippen LogP contribution in [0.2, 0.25) is 0 Å². The maximum atomic E-state index is 10.6. The van der Waals surface area contributed by atoms with Crippen molar-refractivity contribution in [2.24, 2.45) is 4.99 Å². The molecule has 4 heteroatoms. The van der Waals surface area contributed by atoms with Gasteiger partial charge in [-0.25, -0.2) is 0 Å². The first kappa shape index (κ1) is 10.2. The molecule has 0 saturated carbocycles. The number of aromatic hydroxyl groups is 1. The van der Waals surface area contributed by atoms with Crippen molar-refractivity contribution in [3.8, 4) is 5.75 Å². The summed E-state index contributed by atoms with van der Waals surface area (Å²) in [4.78, 5) is 14.8. The fourth-order valence-electron chi connectivity index (χ4n) is 1.44. The molecule has 0 fully saturated rings. The number of nitrogens with zero attached hydrogens (tertiary/aromatic N) is 1. The summed E-state index contributed by atoms with van der Waals surface area (Å²) >= 11 is 1.51. The fourth-order valence-corrected chi connectivity index (χ4v) is 2.45. The molecule has 0 radical (unpaired) electrons. The number of carbonyl (C=O) groups is 1. The van der Waals surface area contributed by atoms with Gasteiger partial charge in [0.05, 0.1) is 0 Å². The molecule has 1 N–H and O–H groups in total. The van der Waals surface area contributed by atoms with Crippen molar-refractivity contribution >= 4 is 23.1 Å². The Bertz CT molecular complexity index is 429. The van der Waals surface area contributed by atoms with Crippen molar-refractivity contribution in [2.45, 2.75) is 13.0 Å².